The first-order valence-corrected chi connectivity index (χ1v) is 10.2. The van der Waals surface area contributed by atoms with Gasteiger partial charge in [-0.1, -0.05) is 55.3 Å². The zero-order valence-corrected chi connectivity index (χ0v) is 17.4. The summed E-state index contributed by atoms with van der Waals surface area (Å²) in [6.07, 6.45) is 5.28. The van der Waals surface area contributed by atoms with E-state index in [4.69, 9.17) is 27.9 Å². The van der Waals surface area contributed by atoms with Crippen LogP contribution >= 0.6 is 23.2 Å². The van der Waals surface area contributed by atoms with Crippen LogP contribution < -0.4 is 0 Å². The predicted octanol–water partition coefficient (Wildman–Crippen LogP) is 4.40. The molecule has 3 atom stereocenters. The molecule has 2 aliphatic rings. The van der Waals surface area contributed by atoms with E-state index in [0.29, 0.717) is 34.9 Å². The molecular formula is C21H23Cl2NO4. The van der Waals surface area contributed by atoms with Gasteiger partial charge in [0.25, 0.3) is 0 Å². The molecule has 0 N–H and O–H groups in total. The standard InChI is InChI=1S/C21H23Cl2NO4/c1-12(2)9-18(21(27)28-11-13-7-8-14(22)10-17(13)23)24-19(25)15-5-3-4-6-16(15)20(24)26/h3-4,7-8,10,12,15-16,18H,5-6,9,11H2,1-2H3/t15-,16+,18-/m1/s1. The molecule has 0 radical (unpaired) electrons. The van der Waals surface area contributed by atoms with Gasteiger partial charge >= 0.3 is 5.97 Å². The zero-order chi connectivity index (χ0) is 20.4. The van der Waals surface area contributed by atoms with Crippen molar-refractivity contribution in [2.75, 3.05) is 0 Å². The van der Waals surface area contributed by atoms with Crippen molar-refractivity contribution in [3.8, 4) is 0 Å². The normalized spacial score (nSPS) is 22.5. The van der Waals surface area contributed by atoms with Crippen LogP contribution in [0.1, 0.15) is 38.7 Å². The lowest BCUT2D eigenvalue weighted by Crippen LogP contribution is -2.47. The Labute approximate surface area is 174 Å². The van der Waals surface area contributed by atoms with Gasteiger partial charge < -0.3 is 4.74 Å². The minimum Gasteiger partial charge on any atom is -0.459 e. The smallest absolute Gasteiger partial charge is 0.329 e. The van der Waals surface area contributed by atoms with Crippen molar-refractivity contribution in [3.63, 3.8) is 0 Å². The molecule has 3 rings (SSSR count). The summed E-state index contributed by atoms with van der Waals surface area (Å²) in [4.78, 5) is 39.7. The summed E-state index contributed by atoms with van der Waals surface area (Å²) >= 11 is 12.0. The van der Waals surface area contributed by atoms with Crippen LogP contribution in [0.3, 0.4) is 0 Å². The molecule has 5 nitrogen and oxygen atoms in total. The Bertz CT molecular complexity index is 795. The molecule has 0 unspecified atom stereocenters. The van der Waals surface area contributed by atoms with Gasteiger partial charge in [0.2, 0.25) is 11.8 Å². The van der Waals surface area contributed by atoms with Crippen molar-refractivity contribution >= 4 is 41.0 Å². The third kappa shape index (κ3) is 4.26. The molecule has 2 amide bonds. The van der Waals surface area contributed by atoms with E-state index in [2.05, 4.69) is 0 Å². The Morgan fingerprint density at radius 2 is 1.75 bits per heavy atom. The van der Waals surface area contributed by atoms with E-state index < -0.39 is 12.0 Å². The SMILES string of the molecule is CC(C)C[C@H](C(=O)OCc1ccc(Cl)cc1Cl)N1C(=O)[C@H]2CC=CC[C@H]2C1=O. The number of rotatable bonds is 6. The summed E-state index contributed by atoms with van der Waals surface area (Å²) in [5, 5.41) is 0.883. The lowest BCUT2D eigenvalue weighted by Gasteiger charge is -2.26. The number of hydrogen-bond acceptors (Lipinski definition) is 4. The summed E-state index contributed by atoms with van der Waals surface area (Å²) in [5.41, 5.74) is 0.611. The first-order chi connectivity index (χ1) is 13.3. The molecule has 1 aromatic rings. The molecule has 1 aliphatic carbocycles. The van der Waals surface area contributed by atoms with Crippen molar-refractivity contribution in [3.05, 3.63) is 46.0 Å². The number of hydrogen-bond donors (Lipinski definition) is 0. The van der Waals surface area contributed by atoms with Crippen LogP contribution in [0.5, 0.6) is 0 Å². The van der Waals surface area contributed by atoms with Crippen LogP contribution in [0.25, 0.3) is 0 Å². The molecule has 1 aromatic carbocycles. The maximum atomic E-state index is 12.9. The van der Waals surface area contributed by atoms with Crippen molar-refractivity contribution < 1.29 is 19.1 Å². The summed E-state index contributed by atoms with van der Waals surface area (Å²) in [6, 6.07) is 4.00. The van der Waals surface area contributed by atoms with E-state index in [-0.39, 0.29) is 36.2 Å². The van der Waals surface area contributed by atoms with Gasteiger partial charge in [-0.25, -0.2) is 4.79 Å². The maximum absolute atomic E-state index is 12.9. The molecule has 28 heavy (non-hydrogen) atoms. The molecule has 7 heteroatoms. The van der Waals surface area contributed by atoms with E-state index in [1.807, 2.05) is 26.0 Å². The number of carbonyl (C=O) groups excluding carboxylic acids is 3. The van der Waals surface area contributed by atoms with Crippen molar-refractivity contribution in [2.45, 2.75) is 45.8 Å². The van der Waals surface area contributed by atoms with Crippen LogP contribution in [0.4, 0.5) is 0 Å². The number of nitrogens with zero attached hydrogens (tertiary/aromatic N) is 1. The number of halogens is 2. The number of fused-ring (bicyclic) bond motifs is 1. The highest BCUT2D eigenvalue weighted by Crippen LogP contribution is 2.37. The second-order valence-corrected chi connectivity index (χ2v) is 8.53. The molecule has 1 saturated heterocycles. The third-order valence-electron chi connectivity index (χ3n) is 5.21. The minimum absolute atomic E-state index is 0.0476. The van der Waals surface area contributed by atoms with Gasteiger partial charge in [0.15, 0.2) is 0 Å². The summed E-state index contributed by atoms with van der Waals surface area (Å²) in [5.74, 6) is -1.76. The summed E-state index contributed by atoms with van der Waals surface area (Å²) in [7, 11) is 0. The zero-order valence-electron chi connectivity index (χ0n) is 15.9. The van der Waals surface area contributed by atoms with E-state index in [1.54, 1.807) is 18.2 Å². The van der Waals surface area contributed by atoms with E-state index in [1.165, 1.54) is 0 Å². The Balaban J connectivity index is 1.77. The largest absolute Gasteiger partial charge is 0.459 e. The highest BCUT2D eigenvalue weighted by Gasteiger charge is 2.51. The predicted molar refractivity (Wildman–Crippen MR) is 107 cm³/mol. The molecular weight excluding hydrogens is 401 g/mol. The van der Waals surface area contributed by atoms with Gasteiger partial charge in [0, 0.05) is 15.6 Å². The van der Waals surface area contributed by atoms with Gasteiger partial charge in [0.05, 0.1) is 11.8 Å². The van der Waals surface area contributed by atoms with Gasteiger partial charge in [-0.2, -0.15) is 0 Å². The van der Waals surface area contributed by atoms with Crippen LogP contribution in [0.2, 0.25) is 10.0 Å². The van der Waals surface area contributed by atoms with E-state index in [9.17, 15) is 14.4 Å². The molecule has 0 saturated carbocycles. The highest BCUT2D eigenvalue weighted by atomic mass is 35.5. The number of imide groups is 1. The Hall–Kier alpha value is -1.85. The van der Waals surface area contributed by atoms with Gasteiger partial charge in [-0.3, -0.25) is 14.5 Å². The quantitative estimate of drug-likeness (QED) is 0.386. The van der Waals surface area contributed by atoms with Gasteiger partial charge in [-0.15, -0.1) is 0 Å². The summed E-state index contributed by atoms with van der Waals surface area (Å²) < 4.78 is 5.45. The van der Waals surface area contributed by atoms with Crippen LogP contribution in [-0.2, 0) is 25.7 Å². The third-order valence-corrected chi connectivity index (χ3v) is 5.79. The molecule has 150 valence electrons. The Kier molecular flexibility index (Phi) is 6.46. The number of amides is 2. The maximum Gasteiger partial charge on any atom is 0.329 e. The number of benzene rings is 1. The number of allylic oxidation sites excluding steroid dienone is 2. The lowest BCUT2D eigenvalue weighted by atomic mass is 9.85. The molecule has 0 aromatic heterocycles. The molecule has 0 spiro atoms. The molecule has 1 fully saturated rings. The molecule has 0 bridgehead atoms. The fourth-order valence-electron chi connectivity index (χ4n) is 3.77. The second kappa shape index (κ2) is 8.66. The minimum atomic E-state index is -0.920. The van der Waals surface area contributed by atoms with Gasteiger partial charge in [0.1, 0.15) is 12.6 Å². The number of esters is 1. The topological polar surface area (TPSA) is 63.7 Å². The first kappa shape index (κ1) is 20.9. The lowest BCUT2D eigenvalue weighted by molar-refractivity contribution is -0.160. The van der Waals surface area contributed by atoms with Crippen molar-refractivity contribution in [1.29, 1.82) is 0 Å². The average molecular weight is 424 g/mol. The first-order valence-electron chi connectivity index (χ1n) is 9.42. The fourth-order valence-corrected chi connectivity index (χ4v) is 4.23. The van der Waals surface area contributed by atoms with E-state index >= 15 is 0 Å². The van der Waals surface area contributed by atoms with Crippen LogP contribution in [0.15, 0.2) is 30.4 Å². The summed E-state index contributed by atoms with van der Waals surface area (Å²) in [6.45, 7) is 3.83. The van der Waals surface area contributed by atoms with Crippen LogP contribution in [0, 0.1) is 17.8 Å². The Morgan fingerprint density at radius 1 is 1.14 bits per heavy atom. The molecule has 1 aliphatic heterocycles. The van der Waals surface area contributed by atoms with Crippen molar-refractivity contribution in [2.24, 2.45) is 17.8 Å². The fraction of sp³-hybridized carbons (Fsp3) is 0.476. The number of ether oxygens (including phenoxy) is 1. The van der Waals surface area contributed by atoms with Gasteiger partial charge in [-0.05, 0) is 37.3 Å². The second-order valence-electron chi connectivity index (χ2n) is 7.69. The monoisotopic (exact) mass is 423 g/mol. The van der Waals surface area contributed by atoms with Crippen molar-refractivity contribution in [1.82, 2.24) is 4.90 Å². The number of likely N-dealkylation sites (tertiary alicyclic amines) is 1. The van der Waals surface area contributed by atoms with E-state index in [0.717, 1.165) is 4.90 Å². The number of carbonyl (C=O) groups is 3. The van der Waals surface area contributed by atoms with Crippen LogP contribution in [-0.4, -0.2) is 28.7 Å². The highest BCUT2D eigenvalue weighted by molar-refractivity contribution is 6.35. The Morgan fingerprint density at radius 3 is 2.29 bits per heavy atom. The average Bonchev–Trinajstić information content (AvgIpc) is 2.90. The molecule has 1 heterocycles.